The van der Waals surface area contributed by atoms with E-state index in [4.69, 9.17) is 0 Å². The molecule has 2 amide bonds. The number of aryl methyl sites for hydroxylation is 1. The van der Waals surface area contributed by atoms with Crippen LogP contribution in [0, 0.1) is 6.92 Å². The molecular formula is C29H25N3O4S. The number of anilines is 1. The highest BCUT2D eigenvalue weighted by atomic mass is 32.2. The van der Waals surface area contributed by atoms with Crippen LogP contribution in [0.1, 0.15) is 17.2 Å². The van der Waals surface area contributed by atoms with E-state index in [9.17, 15) is 18.0 Å². The lowest BCUT2D eigenvalue weighted by molar-refractivity contribution is -0.136. The number of sulfonamides is 1. The number of fused-ring (bicyclic) bond motifs is 1. The highest BCUT2D eigenvalue weighted by molar-refractivity contribution is 7.89. The van der Waals surface area contributed by atoms with Gasteiger partial charge in [0.05, 0.1) is 16.5 Å². The summed E-state index contributed by atoms with van der Waals surface area (Å²) in [5.41, 5.74) is 2.14. The maximum Gasteiger partial charge on any atom is 0.277 e. The van der Waals surface area contributed by atoms with Gasteiger partial charge in [0.15, 0.2) is 0 Å². The quantitative estimate of drug-likeness (QED) is 0.356. The molecule has 37 heavy (non-hydrogen) atoms. The average molecular weight is 512 g/mol. The molecule has 0 bridgehead atoms. The summed E-state index contributed by atoms with van der Waals surface area (Å²) in [6.45, 7) is 1.87. The number of benzene rings is 4. The van der Waals surface area contributed by atoms with Gasteiger partial charge in [-0.3, -0.25) is 14.5 Å². The molecular weight excluding hydrogens is 486 g/mol. The van der Waals surface area contributed by atoms with E-state index in [-0.39, 0.29) is 16.2 Å². The van der Waals surface area contributed by atoms with Crippen molar-refractivity contribution in [1.82, 2.24) is 9.62 Å². The van der Waals surface area contributed by atoms with Gasteiger partial charge in [-0.15, -0.1) is 0 Å². The van der Waals surface area contributed by atoms with Crippen LogP contribution in [0.4, 0.5) is 5.69 Å². The van der Waals surface area contributed by atoms with E-state index in [0.29, 0.717) is 11.3 Å². The number of likely N-dealkylation sites (N-methyl/N-ethyl adjacent to an activating group) is 1. The van der Waals surface area contributed by atoms with Crippen molar-refractivity contribution in [2.75, 3.05) is 12.4 Å². The molecule has 0 aromatic heterocycles. The molecule has 2 N–H and O–H groups in total. The Morgan fingerprint density at radius 3 is 2.14 bits per heavy atom. The van der Waals surface area contributed by atoms with Crippen LogP contribution in [0.2, 0.25) is 0 Å². The van der Waals surface area contributed by atoms with Gasteiger partial charge in [0.25, 0.3) is 11.8 Å². The number of imide groups is 1. The van der Waals surface area contributed by atoms with E-state index < -0.39 is 27.9 Å². The van der Waals surface area contributed by atoms with Crippen molar-refractivity contribution < 1.29 is 18.0 Å². The SMILES string of the molecule is Cc1ccc(S(=O)(=O)NC(C2=C(Nc3ccccc3)C(=O)N(C)C2=O)c2cccc3ccccc23)cc1. The van der Waals surface area contributed by atoms with Gasteiger partial charge in [-0.2, -0.15) is 4.72 Å². The van der Waals surface area contributed by atoms with Crippen molar-refractivity contribution in [3.63, 3.8) is 0 Å². The third-order valence-corrected chi connectivity index (χ3v) is 7.83. The summed E-state index contributed by atoms with van der Waals surface area (Å²) >= 11 is 0. The zero-order valence-electron chi connectivity index (χ0n) is 20.3. The highest BCUT2D eigenvalue weighted by Crippen LogP contribution is 2.36. The van der Waals surface area contributed by atoms with Gasteiger partial charge in [0, 0.05) is 12.7 Å². The third-order valence-electron chi connectivity index (χ3n) is 6.39. The van der Waals surface area contributed by atoms with Gasteiger partial charge in [0.1, 0.15) is 5.70 Å². The van der Waals surface area contributed by atoms with Crippen LogP contribution in [0.3, 0.4) is 0 Å². The molecule has 7 nitrogen and oxygen atoms in total. The lowest BCUT2D eigenvalue weighted by Gasteiger charge is -2.23. The summed E-state index contributed by atoms with van der Waals surface area (Å²) in [5, 5.41) is 4.71. The monoisotopic (exact) mass is 511 g/mol. The molecule has 1 atom stereocenters. The normalized spacial score (nSPS) is 14.9. The van der Waals surface area contributed by atoms with E-state index in [0.717, 1.165) is 21.2 Å². The summed E-state index contributed by atoms with van der Waals surface area (Å²) < 4.78 is 29.9. The molecule has 0 aliphatic carbocycles. The average Bonchev–Trinajstić information content (AvgIpc) is 3.11. The number of carbonyl (C=O) groups is 2. The molecule has 1 aliphatic rings. The Hall–Kier alpha value is -4.27. The van der Waals surface area contributed by atoms with E-state index in [1.54, 1.807) is 48.5 Å². The Labute approximate surface area is 215 Å². The van der Waals surface area contributed by atoms with Crippen molar-refractivity contribution >= 4 is 38.3 Å². The van der Waals surface area contributed by atoms with Gasteiger partial charge in [-0.1, -0.05) is 78.4 Å². The number of carbonyl (C=O) groups excluding carboxylic acids is 2. The number of hydrogen-bond donors (Lipinski definition) is 2. The van der Waals surface area contributed by atoms with Crippen LogP contribution in [0.25, 0.3) is 10.8 Å². The summed E-state index contributed by atoms with van der Waals surface area (Å²) in [7, 11) is -2.69. The Morgan fingerprint density at radius 1 is 0.757 bits per heavy atom. The first-order valence-corrected chi connectivity index (χ1v) is 13.2. The highest BCUT2D eigenvalue weighted by Gasteiger charge is 2.42. The van der Waals surface area contributed by atoms with Gasteiger partial charge in [0.2, 0.25) is 10.0 Å². The van der Waals surface area contributed by atoms with Gasteiger partial charge in [-0.25, -0.2) is 8.42 Å². The molecule has 0 fully saturated rings. The molecule has 4 aromatic rings. The first-order valence-electron chi connectivity index (χ1n) is 11.7. The van der Waals surface area contributed by atoms with Crippen LogP contribution in [0.5, 0.6) is 0 Å². The number of amides is 2. The van der Waals surface area contributed by atoms with Gasteiger partial charge in [-0.05, 0) is 47.5 Å². The first-order chi connectivity index (χ1) is 17.8. The summed E-state index contributed by atoms with van der Waals surface area (Å²) in [6, 6.07) is 27.3. The van der Waals surface area contributed by atoms with Crippen LogP contribution in [0.15, 0.2) is 113 Å². The van der Waals surface area contributed by atoms with Crippen molar-refractivity contribution in [1.29, 1.82) is 0 Å². The Balaban J connectivity index is 1.72. The lowest BCUT2D eigenvalue weighted by Crippen LogP contribution is -2.34. The van der Waals surface area contributed by atoms with E-state index in [2.05, 4.69) is 10.0 Å². The van der Waals surface area contributed by atoms with Crippen molar-refractivity contribution in [2.24, 2.45) is 0 Å². The van der Waals surface area contributed by atoms with Crippen LogP contribution < -0.4 is 10.0 Å². The summed E-state index contributed by atoms with van der Waals surface area (Å²) in [6.07, 6.45) is 0. The third kappa shape index (κ3) is 4.64. The minimum atomic E-state index is -4.08. The number of para-hydroxylation sites is 1. The fraction of sp³-hybridized carbons (Fsp3) is 0.103. The summed E-state index contributed by atoms with van der Waals surface area (Å²) in [5.74, 6) is -1.11. The molecule has 0 spiro atoms. The zero-order chi connectivity index (χ0) is 26.2. The topological polar surface area (TPSA) is 95.6 Å². The number of rotatable bonds is 7. The fourth-order valence-electron chi connectivity index (χ4n) is 4.44. The van der Waals surface area contributed by atoms with Crippen molar-refractivity contribution in [3.05, 3.63) is 119 Å². The predicted octanol–water partition coefficient (Wildman–Crippen LogP) is 4.53. The fourth-order valence-corrected chi connectivity index (χ4v) is 5.62. The van der Waals surface area contributed by atoms with Crippen molar-refractivity contribution in [3.8, 4) is 0 Å². The lowest BCUT2D eigenvalue weighted by atomic mass is 9.93. The van der Waals surface area contributed by atoms with Crippen LogP contribution in [-0.2, 0) is 19.6 Å². The maximum atomic E-state index is 13.6. The molecule has 0 radical (unpaired) electrons. The van der Waals surface area contributed by atoms with Crippen LogP contribution in [-0.4, -0.2) is 32.2 Å². The molecule has 0 saturated heterocycles. The van der Waals surface area contributed by atoms with E-state index in [1.807, 2.05) is 43.3 Å². The molecule has 8 heteroatoms. The minimum absolute atomic E-state index is 0.0308. The summed E-state index contributed by atoms with van der Waals surface area (Å²) in [4.78, 5) is 27.8. The van der Waals surface area contributed by atoms with Gasteiger partial charge < -0.3 is 5.32 Å². The zero-order valence-corrected chi connectivity index (χ0v) is 21.1. The van der Waals surface area contributed by atoms with Crippen LogP contribution >= 0.6 is 0 Å². The predicted molar refractivity (Wildman–Crippen MR) is 143 cm³/mol. The molecule has 4 aromatic carbocycles. The van der Waals surface area contributed by atoms with E-state index >= 15 is 0 Å². The Morgan fingerprint density at radius 2 is 1.41 bits per heavy atom. The first kappa shape index (κ1) is 24.4. The molecule has 0 saturated carbocycles. The Bertz CT molecular complexity index is 1640. The smallest absolute Gasteiger partial charge is 0.277 e. The number of nitrogens with zero attached hydrogens (tertiary/aromatic N) is 1. The molecule has 1 heterocycles. The molecule has 1 aliphatic heterocycles. The Kier molecular flexibility index (Phi) is 6.37. The second kappa shape index (κ2) is 9.65. The molecule has 186 valence electrons. The molecule has 5 rings (SSSR count). The second-order valence-corrected chi connectivity index (χ2v) is 10.6. The van der Waals surface area contributed by atoms with Gasteiger partial charge >= 0.3 is 0 Å². The number of nitrogens with one attached hydrogen (secondary N) is 2. The minimum Gasteiger partial charge on any atom is -0.351 e. The second-order valence-electron chi connectivity index (χ2n) is 8.88. The van der Waals surface area contributed by atoms with Crippen molar-refractivity contribution in [2.45, 2.75) is 17.9 Å². The maximum absolute atomic E-state index is 13.6. The molecule has 1 unspecified atom stereocenters. The standard InChI is InChI=1S/C29H25N3O4S/c1-19-15-17-22(18-16-19)37(35,36)31-26(24-14-8-10-20-9-6-7-13-23(20)24)25-27(29(34)32(2)28(25)33)30-21-11-4-3-5-12-21/h3-18,26,30-31H,1-2H3. The van der Waals surface area contributed by atoms with E-state index in [1.165, 1.54) is 19.2 Å². The largest absolute Gasteiger partial charge is 0.351 e. The number of hydrogen-bond acceptors (Lipinski definition) is 5.